The lowest BCUT2D eigenvalue weighted by Gasteiger charge is -2.13. The number of ether oxygens (including phenoxy) is 1. The van der Waals surface area contributed by atoms with Crippen molar-refractivity contribution in [2.24, 2.45) is 5.73 Å². The lowest BCUT2D eigenvalue weighted by Crippen LogP contribution is -2.19. The molecule has 4 heteroatoms. The lowest BCUT2D eigenvalue weighted by atomic mass is 10.1. The van der Waals surface area contributed by atoms with Crippen LogP contribution in [0.4, 0.5) is 8.78 Å². The lowest BCUT2D eigenvalue weighted by molar-refractivity contribution is -0.158. The third-order valence-electron chi connectivity index (χ3n) is 1.80. The first-order valence-electron chi connectivity index (χ1n) is 4.51. The molecule has 0 bridgehead atoms. The Labute approximate surface area is 87.4 Å². The highest BCUT2D eigenvalue weighted by Gasteiger charge is 2.22. The van der Waals surface area contributed by atoms with Crippen LogP contribution in [0, 0.1) is 0 Å². The van der Waals surface area contributed by atoms with Crippen molar-refractivity contribution < 1.29 is 13.5 Å². The van der Waals surface area contributed by atoms with E-state index in [4.69, 9.17) is 5.73 Å². The van der Waals surface area contributed by atoms with E-state index in [0.717, 1.165) is 5.56 Å². The summed E-state index contributed by atoms with van der Waals surface area (Å²) in [7, 11) is 0. The first-order chi connectivity index (χ1) is 6.92. The molecule has 0 saturated carbocycles. The first-order valence-corrected chi connectivity index (χ1v) is 4.51. The molecule has 0 aliphatic carbocycles. The zero-order valence-electron chi connectivity index (χ0n) is 8.63. The number of rotatable bonds is 3. The van der Waals surface area contributed by atoms with Gasteiger partial charge in [-0.2, -0.15) is 8.78 Å². The normalized spacial score (nSPS) is 12.7. The average molecular weight is 213 g/mol. The number of benzene rings is 1. The molecule has 2 nitrogen and oxygen atoms in total. The molecule has 1 aromatic carbocycles. The predicted molar refractivity (Wildman–Crippen MR) is 55.5 cm³/mol. The van der Waals surface area contributed by atoms with Gasteiger partial charge in [0.25, 0.3) is 0 Å². The van der Waals surface area contributed by atoms with E-state index in [1.165, 1.54) is 12.1 Å². The number of alkyl halides is 2. The molecule has 0 amide bonds. The molecule has 0 aliphatic rings. The van der Waals surface area contributed by atoms with Gasteiger partial charge in [-0.1, -0.05) is 6.08 Å². The second-order valence-electron chi connectivity index (χ2n) is 3.18. The Morgan fingerprint density at radius 3 is 2.27 bits per heavy atom. The maximum atomic E-state index is 12.5. The van der Waals surface area contributed by atoms with Gasteiger partial charge < -0.3 is 10.5 Å². The van der Waals surface area contributed by atoms with Crippen LogP contribution in [-0.2, 0) is 0 Å². The highest BCUT2D eigenvalue weighted by Crippen LogP contribution is 2.22. The third-order valence-corrected chi connectivity index (χ3v) is 1.80. The Morgan fingerprint density at radius 2 is 1.87 bits per heavy atom. The van der Waals surface area contributed by atoms with E-state index in [0.29, 0.717) is 12.6 Å². The fraction of sp³-hybridized carbons (Fsp3) is 0.273. The Morgan fingerprint density at radius 1 is 1.33 bits per heavy atom. The molecule has 0 saturated heterocycles. The Balaban J connectivity index is 2.82. The Hall–Kier alpha value is -1.58. The number of halogens is 2. The molecule has 0 heterocycles. The SMILES string of the molecule is C/C=C(\N)c1ccc(OC(C)(F)F)cc1. The largest absolute Gasteiger partial charge is 0.433 e. The summed E-state index contributed by atoms with van der Waals surface area (Å²) in [5.74, 6) is 0.121. The molecule has 82 valence electrons. The van der Waals surface area contributed by atoms with Crippen LogP contribution in [0.25, 0.3) is 5.70 Å². The van der Waals surface area contributed by atoms with Crippen LogP contribution in [0.1, 0.15) is 19.4 Å². The fourth-order valence-corrected chi connectivity index (χ4v) is 1.09. The van der Waals surface area contributed by atoms with E-state index in [9.17, 15) is 8.78 Å². The molecule has 15 heavy (non-hydrogen) atoms. The molecule has 0 aromatic heterocycles. The summed E-state index contributed by atoms with van der Waals surface area (Å²) in [5, 5.41) is 0. The standard InChI is InChI=1S/C11H13F2NO/c1-3-10(14)8-4-6-9(7-5-8)15-11(2,12)13/h3-7H,14H2,1-2H3/b10-3-. The van der Waals surface area contributed by atoms with Gasteiger partial charge in [-0.05, 0) is 36.8 Å². The van der Waals surface area contributed by atoms with Crippen LogP contribution >= 0.6 is 0 Å². The molecule has 0 unspecified atom stereocenters. The van der Waals surface area contributed by atoms with E-state index >= 15 is 0 Å². The van der Waals surface area contributed by atoms with Crippen molar-refractivity contribution in [1.29, 1.82) is 0 Å². The molecule has 0 atom stereocenters. The highest BCUT2D eigenvalue weighted by atomic mass is 19.3. The monoisotopic (exact) mass is 213 g/mol. The van der Waals surface area contributed by atoms with Gasteiger partial charge in [0.05, 0.1) is 0 Å². The molecule has 1 aromatic rings. The van der Waals surface area contributed by atoms with E-state index < -0.39 is 6.11 Å². The van der Waals surface area contributed by atoms with Crippen molar-refractivity contribution in [3.8, 4) is 5.75 Å². The second kappa shape index (κ2) is 4.29. The van der Waals surface area contributed by atoms with Crippen LogP contribution in [0.2, 0.25) is 0 Å². The topological polar surface area (TPSA) is 35.2 Å². The van der Waals surface area contributed by atoms with Gasteiger partial charge in [0, 0.05) is 12.6 Å². The first kappa shape index (κ1) is 11.5. The van der Waals surface area contributed by atoms with Gasteiger partial charge >= 0.3 is 6.11 Å². The molecule has 2 N–H and O–H groups in total. The van der Waals surface area contributed by atoms with Gasteiger partial charge in [-0.15, -0.1) is 0 Å². The van der Waals surface area contributed by atoms with E-state index in [1.807, 2.05) is 0 Å². The molecule has 0 radical (unpaired) electrons. The maximum Gasteiger partial charge on any atom is 0.394 e. The smallest absolute Gasteiger partial charge is 0.394 e. The van der Waals surface area contributed by atoms with Crippen molar-refractivity contribution in [3.63, 3.8) is 0 Å². The van der Waals surface area contributed by atoms with Gasteiger partial charge in [-0.25, -0.2) is 0 Å². The Bertz CT molecular complexity index is 352. The molecule has 1 rings (SSSR count). The summed E-state index contributed by atoms with van der Waals surface area (Å²) >= 11 is 0. The Kier molecular flexibility index (Phi) is 3.29. The minimum atomic E-state index is -3.16. The van der Waals surface area contributed by atoms with Crippen molar-refractivity contribution in [3.05, 3.63) is 35.9 Å². The van der Waals surface area contributed by atoms with Crippen LogP contribution in [0.5, 0.6) is 5.75 Å². The van der Waals surface area contributed by atoms with Gasteiger partial charge in [0.15, 0.2) is 0 Å². The second-order valence-corrected chi connectivity index (χ2v) is 3.18. The van der Waals surface area contributed by atoms with Crippen molar-refractivity contribution in [2.45, 2.75) is 20.0 Å². The zero-order chi connectivity index (χ0) is 11.5. The number of nitrogens with two attached hydrogens (primary N) is 1. The van der Waals surface area contributed by atoms with Crippen LogP contribution in [-0.4, -0.2) is 6.11 Å². The quantitative estimate of drug-likeness (QED) is 0.837. The highest BCUT2D eigenvalue weighted by molar-refractivity contribution is 5.62. The minimum absolute atomic E-state index is 0.121. The average Bonchev–Trinajstić information content (AvgIpc) is 2.15. The van der Waals surface area contributed by atoms with E-state index in [2.05, 4.69) is 4.74 Å². The summed E-state index contributed by atoms with van der Waals surface area (Å²) in [6, 6.07) is 6.19. The van der Waals surface area contributed by atoms with Gasteiger partial charge in [-0.3, -0.25) is 0 Å². The number of hydrogen-bond donors (Lipinski definition) is 1. The van der Waals surface area contributed by atoms with Crippen molar-refractivity contribution in [1.82, 2.24) is 0 Å². The van der Waals surface area contributed by atoms with E-state index in [-0.39, 0.29) is 5.75 Å². The van der Waals surface area contributed by atoms with Crippen LogP contribution in [0.15, 0.2) is 30.3 Å². The molecular weight excluding hydrogens is 200 g/mol. The van der Waals surface area contributed by atoms with Crippen LogP contribution < -0.4 is 10.5 Å². The zero-order valence-corrected chi connectivity index (χ0v) is 8.63. The van der Waals surface area contributed by atoms with Crippen LogP contribution in [0.3, 0.4) is 0 Å². The summed E-state index contributed by atoms with van der Waals surface area (Å²) in [5.41, 5.74) is 7.03. The predicted octanol–water partition coefficient (Wildman–Crippen LogP) is 3.00. The van der Waals surface area contributed by atoms with Gasteiger partial charge in [0.1, 0.15) is 5.75 Å². The molecule has 0 aliphatic heterocycles. The van der Waals surface area contributed by atoms with Crippen molar-refractivity contribution in [2.75, 3.05) is 0 Å². The summed E-state index contributed by atoms with van der Waals surface area (Å²) in [4.78, 5) is 0. The van der Waals surface area contributed by atoms with E-state index in [1.54, 1.807) is 25.1 Å². The number of hydrogen-bond acceptors (Lipinski definition) is 2. The summed E-state index contributed by atoms with van der Waals surface area (Å²) in [6.45, 7) is 2.50. The summed E-state index contributed by atoms with van der Waals surface area (Å²) < 4.78 is 29.3. The number of allylic oxidation sites excluding steroid dienone is 1. The molecule has 0 fully saturated rings. The van der Waals surface area contributed by atoms with Gasteiger partial charge in [0.2, 0.25) is 0 Å². The summed E-state index contributed by atoms with van der Waals surface area (Å²) in [6.07, 6.45) is -1.42. The minimum Gasteiger partial charge on any atom is -0.433 e. The van der Waals surface area contributed by atoms with Crippen molar-refractivity contribution >= 4 is 5.70 Å². The maximum absolute atomic E-state index is 12.5. The molecular formula is C11H13F2NO. The molecule has 0 spiro atoms. The fourth-order valence-electron chi connectivity index (χ4n) is 1.09. The third kappa shape index (κ3) is 3.58.